The summed E-state index contributed by atoms with van der Waals surface area (Å²) in [4.78, 5) is 12.6. The van der Waals surface area contributed by atoms with Crippen molar-refractivity contribution in [2.45, 2.75) is 18.3 Å². The van der Waals surface area contributed by atoms with Crippen molar-refractivity contribution in [3.8, 4) is 5.75 Å². The predicted molar refractivity (Wildman–Crippen MR) is 83.9 cm³/mol. The topological polar surface area (TPSA) is 38.3 Å². The smallest absolute Gasteiger partial charge is 0.235 e. The van der Waals surface area contributed by atoms with Crippen LogP contribution in [0.3, 0.4) is 0 Å². The molecule has 0 heterocycles. The van der Waals surface area contributed by atoms with Gasteiger partial charge in [-0.25, -0.2) is 4.39 Å². The normalized spacial score (nSPS) is 15.2. The molecule has 114 valence electrons. The third-order valence-electron chi connectivity index (χ3n) is 3.99. The van der Waals surface area contributed by atoms with Crippen molar-refractivity contribution in [2.24, 2.45) is 0 Å². The molecular weight excluding hydrogens is 305 g/mol. The average molecular weight is 320 g/mol. The number of halogens is 2. The van der Waals surface area contributed by atoms with Crippen LogP contribution in [0.4, 0.5) is 10.1 Å². The third kappa shape index (κ3) is 2.66. The van der Waals surface area contributed by atoms with Gasteiger partial charge < -0.3 is 10.1 Å². The van der Waals surface area contributed by atoms with Crippen LogP contribution >= 0.6 is 11.6 Å². The van der Waals surface area contributed by atoms with E-state index in [4.69, 9.17) is 16.3 Å². The Morgan fingerprint density at radius 2 is 1.91 bits per heavy atom. The Morgan fingerprint density at radius 3 is 2.45 bits per heavy atom. The van der Waals surface area contributed by atoms with Crippen LogP contribution in [0.5, 0.6) is 5.75 Å². The number of hydrogen-bond donors (Lipinski definition) is 1. The van der Waals surface area contributed by atoms with Crippen LogP contribution in [-0.2, 0) is 10.2 Å². The minimum Gasteiger partial charge on any atom is -0.495 e. The van der Waals surface area contributed by atoms with Crippen LogP contribution < -0.4 is 10.1 Å². The molecule has 0 aliphatic heterocycles. The van der Waals surface area contributed by atoms with Gasteiger partial charge in [0.1, 0.15) is 11.6 Å². The van der Waals surface area contributed by atoms with Crippen molar-refractivity contribution in [1.29, 1.82) is 0 Å². The first kappa shape index (κ1) is 14.9. The summed E-state index contributed by atoms with van der Waals surface area (Å²) < 4.78 is 18.1. The van der Waals surface area contributed by atoms with Crippen molar-refractivity contribution in [1.82, 2.24) is 0 Å². The monoisotopic (exact) mass is 319 g/mol. The number of nitrogens with one attached hydrogen (secondary N) is 1. The zero-order valence-electron chi connectivity index (χ0n) is 12.0. The van der Waals surface area contributed by atoms with Gasteiger partial charge in [0.25, 0.3) is 0 Å². The van der Waals surface area contributed by atoms with Crippen LogP contribution in [-0.4, -0.2) is 13.0 Å². The van der Waals surface area contributed by atoms with E-state index in [1.165, 1.54) is 19.2 Å². The molecular formula is C17H15ClFNO2. The Balaban J connectivity index is 1.79. The van der Waals surface area contributed by atoms with Crippen LogP contribution in [0.1, 0.15) is 18.4 Å². The first-order chi connectivity index (χ1) is 10.5. The zero-order valence-corrected chi connectivity index (χ0v) is 12.8. The van der Waals surface area contributed by atoms with Crippen LogP contribution in [0.25, 0.3) is 0 Å². The minimum atomic E-state index is -0.555. The van der Waals surface area contributed by atoms with E-state index in [0.717, 1.165) is 18.4 Å². The van der Waals surface area contributed by atoms with Crippen molar-refractivity contribution < 1.29 is 13.9 Å². The molecule has 1 amide bonds. The van der Waals surface area contributed by atoms with E-state index in [-0.39, 0.29) is 11.7 Å². The predicted octanol–water partition coefficient (Wildman–Crippen LogP) is 4.16. The molecule has 3 rings (SSSR count). The third-order valence-corrected chi connectivity index (χ3v) is 4.29. The Hall–Kier alpha value is -2.07. The lowest BCUT2D eigenvalue weighted by Crippen LogP contribution is -2.27. The average Bonchev–Trinajstić information content (AvgIpc) is 3.30. The Bertz CT molecular complexity index is 711. The molecule has 1 fully saturated rings. The summed E-state index contributed by atoms with van der Waals surface area (Å²) in [6.07, 6.45) is 1.52. The molecule has 2 aromatic carbocycles. The van der Waals surface area contributed by atoms with Gasteiger partial charge in [-0.3, -0.25) is 4.79 Å². The van der Waals surface area contributed by atoms with Crippen LogP contribution in [0.15, 0.2) is 42.5 Å². The number of ether oxygens (including phenoxy) is 1. The molecule has 5 heteroatoms. The van der Waals surface area contributed by atoms with Crippen molar-refractivity contribution >= 4 is 23.2 Å². The Labute approximate surface area is 133 Å². The summed E-state index contributed by atoms with van der Waals surface area (Å²) in [6, 6.07) is 11.2. The van der Waals surface area contributed by atoms with E-state index in [9.17, 15) is 9.18 Å². The number of carbonyl (C=O) groups is 1. The highest BCUT2D eigenvalue weighted by molar-refractivity contribution is 6.32. The fraction of sp³-hybridized carbons (Fsp3) is 0.235. The molecule has 2 aromatic rings. The molecule has 0 saturated heterocycles. The van der Waals surface area contributed by atoms with Crippen LogP contribution in [0, 0.1) is 5.82 Å². The van der Waals surface area contributed by atoms with E-state index in [1.54, 1.807) is 30.3 Å². The molecule has 1 aliphatic rings. The summed E-state index contributed by atoms with van der Waals surface area (Å²) >= 11 is 6.06. The minimum absolute atomic E-state index is 0.0969. The highest BCUT2D eigenvalue weighted by Gasteiger charge is 2.51. The molecule has 1 aliphatic carbocycles. The molecule has 1 saturated carbocycles. The summed E-state index contributed by atoms with van der Waals surface area (Å²) in [7, 11) is 1.53. The lowest BCUT2D eigenvalue weighted by Gasteiger charge is -2.16. The van der Waals surface area contributed by atoms with Gasteiger partial charge in [-0.2, -0.15) is 0 Å². The maximum atomic E-state index is 13.0. The maximum Gasteiger partial charge on any atom is 0.235 e. The van der Waals surface area contributed by atoms with E-state index < -0.39 is 5.41 Å². The van der Waals surface area contributed by atoms with Crippen molar-refractivity contribution in [3.63, 3.8) is 0 Å². The van der Waals surface area contributed by atoms with E-state index in [0.29, 0.717) is 16.5 Å². The molecule has 0 unspecified atom stereocenters. The SMILES string of the molecule is COc1ccc(NC(=O)C2(c3ccc(F)cc3)CC2)cc1Cl. The van der Waals surface area contributed by atoms with Gasteiger partial charge in [-0.1, -0.05) is 23.7 Å². The van der Waals surface area contributed by atoms with Gasteiger partial charge in [0.2, 0.25) is 5.91 Å². The second-order valence-electron chi connectivity index (χ2n) is 5.39. The highest BCUT2D eigenvalue weighted by atomic mass is 35.5. The van der Waals surface area contributed by atoms with E-state index in [1.807, 2.05) is 0 Å². The molecule has 0 aromatic heterocycles. The molecule has 22 heavy (non-hydrogen) atoms. The summed E-state index contributed by atoms with van der Waals surface area (Å²) in [6.45, 7) is 0. The molecule has 3 nitrogen and oxygen atoms in total. The van der Waals surface area contributed by atoms with Crippen molar-refractivity contribution in [3.05, 3.63) is 58.9 Å². The molecule has 0 atom stereocenters. The summed E-state index contributed by atoms with van der Waals surface area (Å²) in [5.74, 6) is 0.154. The second kappa shape index (κ2) is 5.61. The van der Waals surface area contributed by atoms with Gasteiger partial charge in [0.15, 0.2) is 0 Å². The quantitative estimate of drug-likeness (QED) is 0.919. The molecule has 0 bridgehead atoms. The highest BCUT2D eigenvalue weighted by Crippen LogP contribution is 2.49. The lowest BCUT2D eigenvalue weighted by atomic mass is 9.95. The van der Waals surface area contributed by atoms with Gasteiger partial charge in [-0.15, -0.1) is 0 Å². The number of methoxy groups -OCH3 is 1. The number of hydrogen-bond acceptors (Lipinski definition) is 2. The largest absolute Gasteiger partial charge is 0.495 e. The lowest BCUT2D eigenvalue weighted by molar-refractivity contribution is -0.118. The Kier molecular flexibility index (Phi) is 3.79. The van der Waals surface area contributed by atoms with Gasteiger partial charge in [-0.05, 0) is 48.7 Å². The van der Waals surface area contributed by atoms with Gasteiger partial charge in [0.05, 0.1) is 17.5 Å². The fourth-order valence-electron chi connectivity index (χ4n) is 2.54. The first-order valence-corrected chi connectivity index (χ1v) is 7.34. The second-order valence-corrected chi connectivity index (χ2v) is 5.80. The number of amides is 1. The zero-order chi connectivity index (χ0) is 15.7. The molecule has 1 N–H and O–H groups in total. The van der Waals surface area contributed by atoms with Gasteiger partial charge in [0, 0.05) is 5.69 Å². The summed E-state index contributed by atoms with van der Waals surface area (Å²) in [5, 5.41) is 3.31. The fourth-order valence-corrected chi connectivity index (χ4v) is 2.79. The van der Waals surface area contributed by atoms with Crippen LogP contribution in [0.2, 0.25) is 5.02 Å². The van der Waals surface area contributed by atoms with Gasteiger partial charge >= 0.3 is 0 Å². The van der Waals surface area contributed by atoms with E-state index in [2.05, 4.69) is 5.32 Å². The number of benzene rings is 2. The number of rotatable bonds is 4. The molecule has 0 radical (unpaired) electrons. The first-order valence-electron chi connectivity index (χ1n) is 6.96. The number of carbonyl (C=O) groups excluding carboxylic acids is 1. The van der Waals surface area contributed by atoms with E-state index >= 15 is 0 Å². The Morgan fingerprint density at radius 1 is 1.23 bits per heavy atom. The maximum absolute atomic E-state index is 13.0. The number of anilines is 1. The van der Waals surface area contributed by atoms with Crippen molar-refractivity contribution in [2.75, 3.05) is 12.4 Å². The molecule has 0 spiro atoms. The summed E-state index contributed by atoms with van der Waals surface area (Å²) in [5.41, 5.74) is 0.898. The standard InChI is InChI=1S/C17H15ClFNO2/c1-22-15-7-6-13(10-14(15)18)20-16(21)17(8-9-17)11-2-4-12(19)5-3-11/h2-7,10H,8-9H2,1H3,(H,20,21).